The van der Waals surface area contributed by atoms with Crippen molar-refractivity contribution in [1.29, 1.82) is 0 Å². The Kier molecular flexibility index (Phi) is 5.33. The topological polar surface area (TPSA) is 91.3 Å². The summed E-state index contributed by atoms with van der Waals surface area (Å²) < 4.78 is 15.0. The van der Waals surface area contributed by atoms with Crippen LogP contribution in [0.15, 0.2) is 29.3 Å². The Morgan fingerprint density at radius 2 is 1.79 bits per heavy atom. The van der Waals surface area contributed by atoms with Gasteiger partial charge >= 0.3 is 17.9 Å². The van der Waals surface area contributed by atoms with Crippen LogP contribution >= 0.6 is 0 Å². The highest BCUT2D eigenvalue weighted by Gasteiger charge is 2.42. The average molecular weight is 333 g/mol. The second-order valence-electron chi connectivity index (χ2n) is 5.68. The molecule has 1 aliphatic heterocycles. The lowest BCUT2D eigenvalue weighted by atomic mass is 10.1. The summed E-state index contributed by atoms with van der Waals surface area (Å²) in [7, 11) is 0. The van der Waals surface area contributed by atoms with Crippen LogP contribution < -0.4 is 0 Å². The van der Waals surface area contributed by atoms with Gasteiger partial charge in [0.25, 0.3) is 5.79 Å². The zero-order valence-electron chi connectivity index (χ0n) is 13.8. The van der Waals surface area contributed by atoms with Crippen LogP contribution in [0.5, 0.6) is 0 Å². The van der Waals surface area contributed by atoms with Crippen molar-refractivity contribution in [3.8, 4) is 0 Å². The number of benzene rings is 1. The highest BCUT2D eigenvalue weighted by molar-refractivity contribution is 6.10. The van der Waals surface area contributed by atoms with Crippen molar-refractivity contribution in [1.82, 2.24) is 0 Å². The van der Waals surface area contributed by atoms with Crippen LogP contribution in [0.25, 0.3) is 0 Å². The van der Waals surface area contributed by atoms with Gasteiger partial charge in [0.1, 0.15) is 0 Å². The van der Waals surface area contributed by atoms with Gasteiger partial charge in [0.05, 0.1) is 17.9 Å². The van der Waals surface area contributed by atoms with Crippen LogP contribution in [0.3, 0.4) is 0 Å². The Morgan fingerprint density at radius 1 is 1.21 bits per heavy atom. The van der Waals surface area contributed by atoms with E-state index in [1.807, 2.05) is 6.92 Å². The fraction of sp³-hybridized carbons (Fsp3) is 0.412. The monoisotopic (exact) mass is 333 g/mol. The fourth-order valence-corrected chi connectivity index (χ4v) is 1.97. The lowest BCUT2D eigenvalue weighted by Gasteiger charge is -2.31. The van der Waals surface area contributed by atoms with Crippen LogP contribution in [-0.2, 0) is 23.8 Å². The third-order valence-electron chi connectivity index (χ3n) is 3.11. The van der Waals surface area contributed by atoms with Crippen LogP contribution in [0.1, 0.15) is 37.6 Å². The highest BCUT2D eigenvalue weighted by atomic mass is 16.7. The lowest BCUT2D eigenvalue weighted by Crippen LogP contribution is -2.46. The minimum atomic E-state index is -1.26. The van der Waals surface area contributed by atoms with Crippen LogP contribution in [0.2, 0.25) is 0 Å². The normalized spacial score (nSPS) is 17.5. The second kappa shape index (κ2) is 7.25. The predicted octanol–water partition coefficient (Wildman–Crippen LogP) is 2.41. The molecule has 0 spiro atoms. The number of carbonyl (C=O) groups excluding carboxylic acids is 3. The second-order valence-corrected chi connectivity index (χ2v) is 5.68. The third kappa shape index (κ3) is 4.41. The zero-order valence-corrected chi connectivity index (χ0v) is 13.8. The van der Waals surface area contributed by atoms with Gasteiger partial charge in [-0.25, -0.2) is 4.79 Å². The molecule has 0 bridgehead atoms. The van der Waals surface area contributed by atoms with Gasteiger partial charge in [-0.2, -0.15) is 0 Å². The summed E-state index contributed by atoms with van der Waals surface area (Å²) in [5.74, 6) is -4.29. The molecule has 1 aromatic rings. The maximum absolute atomic E-state index is 11.8. The summed E-state index contributed by atoms with van der Waals surface area (Å²) in [6.07, 6.45) is 1.92. The van der Waals surface area contributed by atoms with E-state index >= 15 is 0 Å². The number of rotatable bonds is 5. The quantitative estimate of drug-likeness (QED) is 0.467. The first kappa shape index (κ1) is 17.7. The summed E-state index contributed by atoms with van der Waals surface area (Å²) in [5.41, 5.74) is 0.883. The molecule has 1 aliphatic rings. The van der Waals surface area contributed by atoms with Crippen molar-refractivity contribution in [2.24, 2.45) is 10.9 Å². The zero-order chi connectivity index (χ0) is 17.7. The summed E-state index contributed by atoms with van der Waals surface area (Å²) >= 11 is 0. The Bertz CT molecular complexity index is 642. The van der Waals surface area contributed by atoms with Gasteiger partial charge < -0.3 is 14.2 Å². The first-order valence-corrected chi connectivity index (χ1v) is 7.59. The number of hydrogen-bond acceptors (Lipinski definition) is 7. The summed E-state index contributed by atoms with van der Waals surface area (Å²) in [6.45, 7) is 5.23. The van der Waals surface area contributed by atoms with Crippen molar-refractivity contribution >= 4 is 29.8 Å². The Labute approximate surface area is 139 Å². The minimum absolute atomic E-state index is 0.362. The molecule has 0 amide bonds. The van der Waals surface area contributed by atoms with Crippen LogP contribution in [-0.4, -0.2) is 36.5 Å². The van der Waals surface area contributed by atoms with Gasteiger partial charge in [0.15, 0.2) is 5.92 Å². The number of hydrogen-bond donors (Lipinski definition) is 0. The van der Waals surface area contributed by atoms with Gasteiger partial charge in [-0.05, 0) is 30.7 Å². The molecule has 1 saturated heterocycles. The maximum atomic E-state index is 11.8. The van der Waals surface area contributed by atoms with E-state index in [-0.39, 0.29) is 0 Å². The van der Waals surface area contributed by atoms with E-state index in [9.17, 15) is 14.4 Å². The molecule has 1 heterocycles. The van der Waals surface area contributed by atoms with Gasteiger partial charge in [-0.1, -0.05) is 6.92 Å². The molecular formula is C17H19NO6. The lowest BCUT2D eigenvalue weighted by molar-refractivity contribution is -0.235. The molecule has 0 radical (unpaired) electrons. The van der Waals surface area contributed by atoms with Gasteiger partial charge in [-0.3, -0.25) is 14.6 Å². The Hall–Kier alpha value is -2.70. The summed E-state index contributed by atoms with van der Waals surface area (Å²) in [6, 6.07) is 6.29. The number of nitrogens with zero attached hydrogens (tertiary/aromatic N) is 1. The van der Waals surface area contributed by atoms with Crippen molar-refractivity contribution < 1.29 is 28.6 Å². The molecule has 0 aromatic heterocycles. The minimum Gasteiger partial charge on any atom is -0.462 e. The summed E-state index contributed by atoms with van der Waals surface area (Å²) in [4.78, 5) is 39.4. The number of ether oxygens (including phenoxy) is 3. The standard InChI is InChI=1S/C17H19NO6/c1-4-9-22-14(19)11-5-7-12(8-6-11)18-10-13-15(20)23-17(2,3)24-16(13)21/h5-8,10,13H,4,9H2,1-3H3. The Balaban J connectivity index is 2.03. The first-order valence-electron chi connectivity index (χ1n) is 7.59. The molecule has 2 rings (SSSR count). The maximum Gasteiger partial charge on any atom is 0.338 e. The van der Waals surface area contributed by atoms with E-state index < -0.39 is 29.6 Å². The van der Waals surface area contributed by atoms with Gasteiger partial charge in [0, 0.05) is 20.1 Å². The van der Waals surface area contributed by atoms with Gasteiger partial charge in [-0.15, -0.1) is 0 Å². The van der Waals surface area contributed by atoms with Crippen molar-refractivity contribution in [3.05, 3.63) is 29.8 Å². The number of aliphatic imine (C=N–C) groups is 1. The molecule has 0 aliphatic carbocycles. The van der Waals surface area contributed by atoms with Crippen molar-refractivity contribution in [2.45, 2.75) is 33.0 Å². The van der Waals surface area contributed by atoms with Crippen molar-refractivity contribution in [3.63, 3.8) is 0 Å². The molecule has 128 valence electrons. The van der Waals surface area contributed by atoms with E-state index in [0.29, 0.717) is 17.9 Å². The molecule has 7 heteroatoms. The third-order valence-corrected chi connectivity index (χ3v) is 3.11. The van der Waals surface area contributed by atoms with Crippen LogP contribution in [0, 0.1) is 5.92 Å². The van der Waals surface area contributed by atoms with E-state index in [2.05, 4.69) is 4.99 Å². The number of cyclic esters (lactones) is 2. The molecule has 0 N–H and O–H groups in total. The highest BCUT2D eigenvalue weighted by Crippen LogP contribution is 2.23. The molecule has 1 aromatic carbocycles. The van der Waals surface area contributed by atoms with E-state index in [0.717, 1.165) is 6.42 Å². The molecule has 24 heavy (non-hydrogen) atoms. The van der Waals surface area contributed by atoms with Crippen molar-refractivity contribution in [2.75, 3.05) is 6.61 Å². The number of esters is 3. The molecule has 7 nitrogen and oxygen atoms in total. The average Bonchev–Trinajstić information content (AvgIpc) is 2.51. The SMILES string of the molecule is CCCOC(=O)c1ccc(N=CC2C(=O)OC(C)(C)OC2=O)cc1. The van der Waals surface area contributed by atoms with Gasteiger partial charge in [0.2, 0.25) is 0 Å². The number of carbonyl (C=O) groups is 3. The predicted molar refractivity (Wildman–Crippen MR) is 84.9 cm³/mol. The molecule has 1 fully saturated rings. The summed E-state index contributed by atoms with van der Waals surface area (Å²) in [5, 5.41) is 0. The molecule has 0 atom stereocenters. The Morgan fingerprint density at radius 3 is 2.33 bits per heavy atom. The molecular weight excluding hydrogens is 314 g/mol. The molecule has 0 saturated carbocycles. The first-order chi connectivity index (χ1) is 11.3. The van der Waals surface area contributed by atoms with Crippen LogP contribution in [0.4, 0.5) is 5.69 Å². The van der Waals surface area contributed by atoms with E-state index in [4.69, 9.17) is 14.2 Å². The smallest absolute Gasteiger partial charge is 0.338 e. The molecule has 0 unspecified atom stereocenters. The van der Waals surface area contributed by atoms with E-state index in [1.165, 1.54) is 20.1 Å². The fourth-order valence-electron chi connectivity index (χ4n) is 1.97. The largest absolute Gasteiger partial charge is 0.462 e. The van der Waals surface area contributed by atoms with E-state index in [1.54, 1.807) is 24.3 Å².